The average molecular weight is 607 g/mol. The van der Waals surface area contributed by atoms with Crippen molar-refractivity contribution >= 4 is 46.3 Å². The largest absolute Gasteiger partial charge is 0.446 e. The van der Waals surface area contributed by atoms with E-state index in [1.807, 2.05) is 47.8 Å². The van der Waals surface area contributed by atoms with Gasteiger partial charge in [-0.3, -0.25) is 19.2 Å². The Morgan fingerprint density at radius 1 is 1.02 bits per heavy atom. The van der Waals surface area contributed by atoms with Crippen LogP contribution in [0.25, 0.3) is 9.88 Å². The molecule has 2 bridgehead atoms. The number of thiophene rings is 1. The number of hydrogen-bond donors (Lipinski definition) is 4. The summed E-state index contributed by atoms with van der Waals surface area (Å²) in [6.07, 6.45) is 2.93. The lowest BCUT2D eigenvalue weighted by molar-refractivity contribution is -0.124. The fourth-order valence-corrected chi connectivity index (χ4v) is 6.07. The minimum Gasteiger partial charge on any atom is -0.446 e. The van der Waals surface area contributed by atoms with Crippen LogP contribution in [0.1, 0.15) is 64.7 Å². The van der Waals surface area contributed by atoms with Crippen LogP contribution in [0, 0.1) is 0 Å². The zero-order chi connectivity index (χ0) is 29.5. The van der Waals surface area contributed by atoms with Crippen LogP contribution in [-0.2, 0) is 16.0 Å². The lowest BCUT2D eigenvalue weighted by atomic mass is 10.0. The summed E-state index contributed by atoms with van der Waals surface area (Å²) in [5.74, 6) is -1.66. The number of hydrogen-bond acceptors (Lipinski definition) is 9. The Morgan fingerprint density at radius 2 is 1.86 bits per heavy atom. The summed E-state index contributed by atoms with van der Waals surface area (Å²) < 4.78 is 5.49. The summed E-state index contributed by atoms with van der Waals surface area (Å²) in [6.45, 7) is 2.01. The van der Waals surface area contributed by atoms with E-state index in [9.17, 15) is 19.2 Å². The van der Waals surface area contributed by atoms with Crippen LogP contribution in [0.2, 0.25) is 0 Å². The SMILES string of the molecule is C[C@@H]1NC(=O)[C@@H](NC(=O)c2csc(-c3cccs3)n2)CCCCNC(=O)[C@H](Cc2ccccc2)NC(=O)c2coc1n2. The number of nitrogens with one attached hydrogen (secondary N) is 4. The second-order valence-electron chi connectivity index (χ2n) is 9.85. The van der Waals surface area contributed by atoms with Gasteiger partial charge in [-0.15, -0.1) is 22.7 Å². The number of aromatic nitrogens is 2. The summed E-state index contributed by atoms with van der Waals surface area (Å²) in [5, 5.41) is 15.6. The van der Waals surface area contributed by atoms with E-state index in [1.54, 1.807) is 12.3 Å². The molecule has 0 spiro atoms. The van der Waals surface area contributed by atoms with Crippen molar-refractivity contribution in [1.82, 2.24) is 31.2 Å². The number of fused-ring (bicyclic) bond motifs is 2. The summed E-state index contributed by atoms with van der Waals surface area (Å²) in [5.41, 5.74) is 1.11. The molecular weight excluding hydrogens is 576 g/mol. The van der Waals surface area contributed by atoms with E-state index < -0.39 is 35.8 Å². The van der Waals surface area contributed by atoms with E-state index in [0.29, 0.717) is 32.2 Å². The van der Waals surface area contributed by atoms with E-state index in [1.165, 1.54) is 28.9 Å². The Kier molecular flexibility index (Phi) is 9.39. The number of rotatable bonds is 5. The van der Waals surface area contributed by atoms with Gasteiger partial charge >= 0.3 is 0 Å². The molecule has 1 aliphatic heterocycles. The van der Waals surface area contributed by atoms with Crippen LogP contribution >= 0.6 is 22.7 Å². The fraction of sp³-hybridized carbons (Fsp3) is 0.310. The standard InChI is InChI=1S/C29H30N6O5S2/c1-17-28-34-21(15-40-28)26(38)33-20(14-18-8-3-2-4-9-18)24(36)30-12-6-5-10-19(25(37)31-17)32-27(39)22-16-42-29(35-22)23-11-7-13-41-23/h2-4,7-9,11,13,15-17,19-20H,5-6,10,12,14H2,1H3,(H,30,36)(H,31,37)(H,32,39)(H,33,38)/t17-,19-,20-/m0/s1. The molecule has 0 saturated heterocycles. The number of benzene rings is 1. The van der Waals surface area contributed by atoms with Crippen LogP contribution in [0.3, 0.4) is 0 Å². The molecule has 0 saturated carbocycles. The molecule has 0 aliphatic carbocycles. The maximum atomic E-state index is 13.3. The molecule has 3 aromatic heterocycles. The van der Waals surface area contributed by atoms with Gasteiger partial charge in [-0.25, -0.2) is 9.97 Å². The van der Waals surface area contributed by atoms with Gasteiger partial charge in [0.1, 0.15) is 35.1 Å². The molecule has 4 aromatic rings. The molecule has 5 rings (SSSR count). The third kappa shape index (κ3) is 7.28. The van der Waals surface area contributed by atoms with Gasteiger partial charge in [0.05, 0.1) is 4.88 Å². The molecular formula is C29H30N6O5S2. The highest BCUT2D eigenvalue weighted by Gasteiger charge is 2.28. The molecule has 4 heterocycles. The molecule has 3 atom stereocenters. The normalized spacial score (nSPS) is 20.3. The lowest BCUT2D eigenvalue weighted by Gasteiger charge is -2.21. The zero-order valence-electron chi connectivity index (χ0n) is 22.8. The fourth-order valence-electron chi connectivity index (χ4n) is 4.46. The van der Waals surface area contributed by atoms with Crippen LogP contribution < -0.4 is 21.3 Å². The molecule has 42 heavy (non-hydrogen) atoms. The predicted octanol–water partition coefficient (Wildman–Crippen LogP) is 3.48. The monoisotopic (exact) mass is 606 g/mol. The average Bonchev–Trinajstić information content (AvgIpc) is 3.78. The summed E-state index contributed by atoms with van der Waals surface area (Å²) in [6, 6.07) is 10.9. The first kappa shape index (κ1) is 29.1. The Hall–Kier alpha value is -4.36. The molecule has 0 unspecified atom stereocenters. The van der Waals surface area contributed by atoms with Gasteiger partial charge < -0.3 is 25.7 Å². The van der Waals surface area contributed by atoms with Crippen LogP contribution in [0.5, 0.6) is 0 Å². The van der Waals surface area contributed by atoms with Gasteiger partial charge in [-0.2, -0.15) is 0 Å². The van der Waals surface area contributed by atoms with Gasteiger partial charge in [0.15, 0.2) is 5.69 Å². The Labute approximate surface area is 250 Å². The second-order valence-corrected chi connectivity index (χ2v) is 11.7. The quantitative estimate of drug-likeness (QED) is 0.271. The van der Waals surface area contributed by atoms with Crippen molar-refractivity contribution in [2.75, 3.05) is 6.54 Å². The van der Waals surface area contributed by atoms with E-state index in [0.717, 1.165) is 15.4 Å². The van der Waals surface area contributed by atoms with Crippen LogP contribution in [0.4, 0.5) is 0 Å². The van der Waals surface area contributed by atoms with Gasteiger partial charge in [0.25, 0.3) is 11.8 Å². The Bertz CT molecular complexity index is 1530. The van der Waals surface area contributed by atoms with E-state index >= 15 is 0 Å². The van der Waals surface area contributed by atoms with Crippen molar-refractivity contribution in [2.24, 2.45) is 0 Å². The van der Waals surface area contributed by atoms with Gasteiger partial charge in [-0.05, 0) is 43.2 Å². The third-order valence-electron chi connectivity index (χ3n) is 6.70. The van der Waals surface area contributed by atoms with E-state index in [4.69, 9.17) is 4.42 Å². The zero-order valence-corrected chi connectivity index (χ0v) is 24.4. The highest BCUT2D eigenvalue weighted by atomic mass is 32.1. The number of carbonyl (C=O) groups is 4. The number of oxazole rings is 1. The topological polar surface area (TPSA) is 155 Å². The highest BCUT2D eigenvalue weighted by molar-refractivity contribution is 7.20. The summed E-state index contributed by atoms with van der Waals surface area (Å²) >= 11 is 2.89. The third-order valence-corrected chi connectivity index (χ3v) is 8.58. The second kappa shape index (κ2) is 13.5. The molecule has 1 aliphatic rings. The van der Waals surface area contributed by atoms with Crippen molar-refractivity contribution in [3.05, 3.63) is 82.3 Å². The molecule has 13 heteroatoms. The van der Waals surface area contributed by atoms with Gasteiger partial charge in [-0.1, -0.05) is 36.4 Å². The first-order valence-electron chi connectivity index (χ1n) is 13.6. The van der Waals surface area contributed by atoms with Crippen molar-refractivity contribution in [3.8, 4) is 9.88 Å². The van der Waals surface area contributed by atoms with Crippen LogP contribution in [0.15, 0.2) is 63.9 Å². The van der Waals surface area contributed by atoms with Crippen LogP contribution in [-0.4, -0.2) is 52.2 Å². The molecule has 218 valence electrons. The smallest absolute Gasteiger partial charge is 0.273 e. The first-order valence-corrected chi connectivity index (χ1v) is 15.3. The van der Waals surface area contributed by atoms with E-state index in [-0.39, 0.29) is 23.2 Å². The Morgan fingerprint density at radius 3 is 2.64 bits per heavy atom. The minimum absolute atomic E-state index is 0.0148. The number of thiazole rings is 1. The molecule has 1 aromatic carbocycles. The van der Waals surface area contributed by atoms with Gasteiger partial charge in [0.2, 0.25) is 17.7 Å². The van der Waals surface area contributed by atoms with Crippen molar-refractivity contribution in [3.63, 3.8) is 0 Å². The number of nitrogens with zero attached hydrogens (tertiary/aromatic N) is 2. The maximum Gasteiger partial charge on any atom is 0.273 e. The predicted molar refractivity (Wildman–Crippen MR) is 158 cm³/mol. The molecule has 0 fully saturated rings. The van der Waals surface area contributed by atoms with E-state index in [2.05, 4.69) is 31.2 Å². The van der Waals surface area contributed by atoms with Crippen molar-refractivity contribution < 1.29 is 23.6 Å². The maximum absolute atomic E-state index is 13.3. The highest BCUT2D eigenvalue weighted by Crippen LogP contribution is 2.27. The molecule has 0 radical (unpaired) electrons. The Balaban J connectivity index is 1.31. The number of amides is 4. The minimum atomic E-state index is -0.862. The van der Waals surface area contributed by atoms with Gasteiger partial charge in [0, 0.05) is 18.3 Å². The van der Waals surface area contributed by atoms with Crippen molar-refractivity contribution in [1.29, 1.82) is 0 Å². The lowest BCUT2D eigenvalue weighted by Crippen LogP contribution is -2.49. The summed E-state index contributed by atoms with van der Waals surface area (Å²) in [4.78, 5) is 62.0. The first-order chi connectivity index (χ1) is 20.4. The van der Waals surface area contributed by atoms with Crippen molar-refractivity contribution in [2.45, 2.75) is 50.7 Å². The number of carbonyl (C=O) groups excluding carboxylic acids is 4. The molecule has 11 nitrogen and oxygen atoms in total. The molecule has 4 amide bonds. The molecule has 4 N–H and O–H groups in total. The summed E-state index contributed by atoms with van der Waals surface area (Å²) in [7, 11) is 0.